The number of nitrogens with one attached hydrogen (secondary N) is 3. The van der Waals surface area contributed by atoms with E-state index in [0.717, 1.165) is 0 Å². The summed E-state index contributed by atoms with van der Waals surface area (Å²) in [7, 11) is 0. The lowest BCUT2D eigenvalue weighted by Crippen LogP contribution is -2.43. The number of aliphatic carboxylic acids is 1. The van der Waals surface area contributed by atoms with Crippen LogP contribution in [0.2, 0.25) is 0 Å². The van der Waals surface area contributed by atoms with Crippen LogP contribution in [0, 0.1) is 0 Å². The molecular formula is C13H17N3O4. The molecule has 1 rings (SSSR count). The van der Waals surface area contributed by atoms with Crippen LogP contribution >= 0.6 is 0 Å². The fraction of sp³-hybridized carbons (Fsp3) is 0.308. The smallest absolute Gasteiger partial charge is 0.330 e. The average molecular weight is 279 g/mol. The topological polar surface area (TPSA) is 108 Å². The highest BCUT2D eigenvalue weighted by molar-refractivity contribution is 5.83. The van der Waals surface area contributed by atoms with Gasteiger partial charge in [0.2, 0.25) is 5.91 Å². The molecule has 1 atom stereocenters. The molecule has 3 amide bonds. The van der Waals surface area contributed by atoms with Gasteiger partial charge in [0, 0.05) is 20.0 Å². The molecule has 0 aliphatic heterocycles. The molecule has 0 saturated carbocycles. The summed E-state index contributed by atoms with van der Waals surface area (Å²) >= 11 is 0. The number of carboxylic acids is 1. The Morgan fingerprint density at radius 1 is 1.10 bits per heavy atom. The third kappa shape index (κ3) is 5.38. The van der Waals surface area contributed by atoms with Crippen LogP contribution < -0.4 is 16.0 Å². The molecule has 1 aromatic rings. The fourth-order valence-corrected chi connectivity index (χ4v) is 1.53. The van der Waals surface area contributed by atoms with E-state index in [9.17, 15) is 14.4 Å². The molecule has 0 aliphatic carbocycles. The Balaban J connectivity index is 2.48. The van der Waals surface area contributed by atoms with Crippen LogP contribution in [-0.2, 0) is 9.59 Å². The van der Waals surface area contributed by atoms with E-state index in [1.54, 1.807) is 30.3 Å². The number of urea groups is 1. The van der Waals surface area contributed by atoms with E-state index in [0.29, 0.717) is 5.56 Å². The standard InChI is InChI=1S/C13H17N3O4/c1-9(17)14-7-8-15-13(20)16-11(12(18)19)10-5-3-2-4-6-10/h2-6,11H,7-8H2,1H3,(H,14,17)(H,18,19)(H2,15,16,20). The first-order valence-corrected chi connectivity index (χ1v) is 6.07. The first-order valence-electron chi connectivity index (χ1n) is 6.07. The molecular weight excluding hydrogens is 262 g/mol. The Morgan fingerprint density at radius 2 is 1.70 bits per heavy atom. The molecule has 1 unspecified atom stereocenters. The molecule has 7 nitrogen and oxygen atoms in total. The first-order chi connectivity index (χ1) is 9.50. The zero-order valence-electron chi connectivity index (χ0n) is 11.1. The summed E-state index contributed by atoms with van der Waals surface area (Å²) in [5, 5.41) is 16.5. The zero-order valence-corrected chi connectivity index (χ0v) is 11.1. The predicted octanol–water partition coefficient (Wildman–Crippen LogP) is 0.248. The summed E-state index contributed by atoms with van der Waals surface area (Å²) in [6.07, 6.45) is 0. The number of hydrogen-bond donors (Lipinski definition) is 4. The van der Waals surface area contributed by atoms with Crippen molar-refractivity contribution in [2.24, 2.45) is 0 Å². The SMILES string of the molecule is CC(=O)NCCNC(=O)NC(C(=O)O)c1ccccc1. The minimum Gasteiger partial charge on any atom is -0.479 e. The summed E-state index contributed by atoms with van der Waals surface area (Å²) in [6.45, 7) is 1.87. The minimum atomic E-state index is -1.15. The molecule has 0 aliphatic rings. The molecule has 20 heavy (non-hydrogen) atoms. The Hall–Kier alpha value is -2.57. The molecule has 0 fully saturated rings. The normalized spacial score (nSPS) is 11.2. The van der Waals surface area contributed by atoms with Gasteiger partial charge >= 0.3 is 12.0 Å². The van der Waals surface area contributed by atoms with Gasteiger partial charge in [-0.1, -0.05) is 30.3 Å². The number of amides is 3. The van der Waals surface area contributed by atoms with Gasteiger partial charge in [-0.3, -0.25) is 4.79 Å². The lowest BCUT2D eigenvalue weighted by atomic mass is 10.1. The van der Waals surface area contributed by atoms with Gasteiger partial charge in [-0.15, -0.1) is 0 Å². The van der Waals surface area contributed by atoms with Crippen molar-refractivity contribution in [3.05, 3.63) is 35.9 Å². The summed E-state index contributed by atoms with van der Waals surface area (Å²) in [5.41, 5.74) is 0.483. The lowest BCUT2D eigenvalue weighted by molar-refractivity contribution is -0.139. The molecule has 0 bridgehead atoms. The van der Waals surface area contributed by atoms with Crippen molar-refractivity contribution < 1.29 is 19.5 Å². The van der Waals surface area contributed by atoms with Gasteiger partial charge in [0.25, 0.3) is 0 Å². The first kappa shape index (κ1) is 15.5. The maximum atomic E-state index is 11.6. The highest BCUT2D eigenvalue weighted by atomic mass is 16.4. The largest absolute Gasteiger partial charge is 0.479 e. The van der Waals surface area contributed by atoms with Crippen LogP contribution in [0.3, 0.4) is 0 Å². The minimum absolute atomic E-state index is 0.195. The van der Waals surface area contributed by atoms with Crippen molar-refractivity contribution in [3.8, 4) is 0 Å². The van der Waals surface area contributed by atoms with Gasteiger partial charge in [0.15, 0.2) is 6.04 Å². The predicted molar refractivity (Wildman–Crippen MR) is 72.0 cm³/mol. The molecule has 1 aromatic carbocycles. The maximum absolute atomic E-state index is 11.6. The number of hydrogen-bond acceptors (Lipinski definition) is 3. The van der Waals surface area contributed by atoms with Crippen molar-refractivity contribution in [1.29, 1.82) is 0 Å². The van der Waals surface area contributed by atoms with Gasteiger partial charge in [-0.2, -0.15) is 0 Å². The highest BCUT2D eigenvalue weighted by Crippen LogP contribution is 2.12. The molecule has 108 valence electrons. The van der Waals surface area contributed by atoms with Crippen LogP contribution in [0.15, 0.2) is 30.3 Å². The van der Waals surface area contributed by atoms with Gasteiger partial charge in [0.1, 0.15) is 0 Å². The second kappa shape index (κ2) is 7.78. The van der Waals surface area contributed by atoms with E-state index < -0.39 is 18.0 Å². The van der Waals surface area contributed by atoms with E-state index in [2.05, 4.69) is 16.0 Å². The third-order valence-corrected chi connectivity index (χ3v) is 2.44. The van der Waals surface area contributed by atoms with Gasteiger partial charge < -0.3 is 21.1 Å². The van der Waals surface area contributed by atoms with Gasteiger partial charge in [-0.25, -0.2) is 9.59 Å². The van der Waals surface area contributed by atoms with Crippen LogP contribution in [0.1, 0.15) is 18.5 Å². The quantitative estimate of drug-likeness (QED) is 0.560. The van der Waals surface area contributed by atoms with E-state index in [1.807, 2.05) is 0 Å². The second-order valence-electron chi connectivity index (χ2n) is 4.07. The van der Waals surface area contributed by atoms with Crippen molar-refractivity contribution in [3.63, 3.8) is 0 Å². The highest BCUT2D eigenvalue weighted by Gasteiger charge is 2.21. The number of carboxylic acid groups (broad SMARTS) is 1. The number of carbonyl (C=O) groups is 3. The second-order valence-corrected chi connectivity index (χ2v) is 4.07. The average Bonchev–Trinajstić information content (AvgIpc) is 2.41. The third-order valence-electron chi connectivity index (χ3n) is 2.44. The van der Waals surface area contributed by atoms with Crippen molar-refractivity contribution >= 4 is 17.9 Å². The number of rotatable bonds is 6. The van der Waals surface area contributed by atoms with Gasteiger partial charge in [-0.05, 0) is 5.56 Å². The fourth-order valence-electron chi connectivity index (χ4n) is 1.53. The van der Waals surface area contributed by atoms with E-state index in [4.69, 9.17) is 5.11 Å². The Labute approximate surface area is 116 Å². The Morgan fingerprint density at radius 3 is 2.25 bits per heavy atom. The molecule has 0 heterocycles. The number of carbonyl (C=O) groups excluding carboxylic acids is 2. The van der Waals surface area contributed by atoms with Crippen LogP contribution in [0.4, 0.5) is 4.79 Å². The van der Waals surface area contributed by atoms with Crippen LogP contribution in [0.5, 0.6) is 0 Å². The maximum Gasteiger partial charge on any atom is 0.330 e. The molecule has 0 radical (unpaired) electrons. The van der Waals surface area contributed by atoms with Crippen LogP contribution in [-0.4, -0.2) is 36.1 Å². The lowest BCUT2D eigenvalue weighted by Gasteiger charge is -2.15. The molecule has 0 saturated heterocycles. The van der Waals surface area contributed by atoms with E-state index in [-0.39, 0.29) is 19.0 Å². The summed E-state index contributed by atoms with van der Waals surface area (Å²) in [6, 6.07) is 6.68. The van der Waals surface area contributed by atoms with Gasteiger partial charge in [0.05, 0.1) is 0 Å². The molecule has 7 heteroatoms. The van der Waals surface area contributed by atoms with Crippen LogP contribution in [0.25, 0.3) is 0 Å². The Kier molecular flexibility index (Phi) is 6.02. The van der Waals surface area contributed by atoms with Crippen molar-refractivity contribution in [1.82, 2.24) is 16.0 Å². The summed E-state index contributed by atoms with van der Waals surface area (Å²) in [4.78, 5) is 33.4. The summed E-state index contributed by atoms with van der Waals surface area (Å²) < 4.78 is 0. The van der Waals surface area contributed by atoms with Crippen molar-refractivity contribution in [2.75, 3.05) is 13.1 Å². The van der Waals surface area contributed by atoms with Crippen molar-refractivity contribution in [2.45, 2.75) is 13.0 Å². The number of benzene rings is 1. The Bertz CT molecular complexity index is 476. The monoisotopic (exact) mass is 279 g/mol. The van der Waals surface area contributed by atoms with E-state index >= 15 is 0 Å². The molecule has 4 N–H and O–H groups in total. The molecule has 0 spiro atoms. The molecule has 0 aromatic heterocycles. The zero-order chi connectivity index (χ0) is 15.0. The van der Waals surface area contributed by atoms with E-state index in [1.165, 1.54) is 6.92 Å². The summed E-state index contributed by atoms with van der Waals surface area (Å²) in [5.74, 6) is -1.34.